The fourth-order valence-electron chi connectivity index (χ4n) is 4.08. The van der Waals surface area contributed by atoms with E-state index in [1.807, 2.05) is 54.9 Å². The Kier molecular flexibility index (Phi) is 5.65. The number of hydrogen-bond donors (Lipinski definition) is 1. The lowest BCUT2D eigenvalue weighted by molar-refractivity contribution is -0.125. The highest BCUT2D eigenvalue weighted by Gasteiger charge is 2.28. The lowest BCUT2D eigenvalue weighted by atomic mass is 9.97. The van der Waals surface area contributed by atoms with Gasteiger partial charge < -0.3 is 14.6 Å². The molecule has 32 heavy (non-hydrogen) atoms. The number of benzene rings is 1. The van der Waals surface area contributed by atoms with Crippen molar-refractivity contribution >= 4 is 44.3 Å². The number of anilines is 1. The summed E-state index contributed by atoms with van der Waals surface area (Å²) in [7, 11) is 0. The van der Waals surface area contributed by atoms with Crippen LogP contribution in [0.15, 0.2) is 40.8 Å². The number of piperidine rings is 1. The maximum atomic E-state index is 12.8. The summed E-state index contributed by atoms with van der Waals surface area (Å²) >= 11 is 7.67. The molecule has 1 fully saturated rings. The number of aromatic nitrogens is 3. The van der Waals surface area contributed by atoms with Gasteiger partial charge in [-0.1, -0.05) is 22.9 Å². The number of furan rings is 1. The van der Waals surface area contributed by atoms with Crippen LogP contribution in [0.5, 0.6) is 0 Å². The fraction of sp³-hybridized carbons (Fsp3) is 0.348. The molecule has 1 saturated heterocycles. The highest BCUT2D eigenvalue weighted by Crippen LogP contribution is 2.34. The number of nitrogens with zero attached hydrogens (tertiary/aromatic N) is 4. The third-order valence-corrected chi connectivity index (χ3v) is 7.21. The predicted molar refractivity (Wildman–Crippen MR) is 127 cm³/mol. The quantitative estimate of drug-likeness (QED) is 0.451. The smallest absolute Gasteiger partial charge is 0.225 e. The van der Waals surface area contributed by atoms with E-state index in [1.54, 1.807) is 11.3 Å². The second-order valence-electron chi connectivity index (χ2n) is 8.14. The van der Waals surface area contributed by atoms with Gasteiger partial charge in [0, 0.05) is 18.1 Å². The number of aryl methyl sites for hydroxylation is 2. The number of fused-ring (bicyclic) bond motifs is 1. The van der Waals surface area contributed by atoms with Crippen LogP contribution in [0.3, 0.4) is 0 Å². The summed E-state index contributed by atoms with van der Waals surface area (Å²) in [6.07, 6.45) is 1.83. The third kappa shape index (κ3) is 4.12. The van der Waals surface area contributed by atoms with E-state index in [9.17, 15) is 4.79 Å². The first-order valence-corrected chi connectivity index (χ1v) is 11.9. The second-order valence-corrected chi connectivity index (χ2v) is 9.55. The molecular formula is C23H24ClN5O2S. The van der Waals surface area contributed by atoms with E-state index in [-0.39, 0.29) is 11.8 Å². The number of halogens is 1. The van der Waals surface area contributed by atoms with Gasteiger partial charge in [0.2, 0.25) is 5.91 Å². The molecule has 0 saturated carbocycles. The first kappa shape index (κ1) is 21.0. The molecule has 4 aromatic rings. The van der Waals surface area contributed by atoms with E-state index in [0.29, 0.717) is 18.1 Å². The van der Waals surface area contributed by atoms with Gasteiger partial charge in [0.05, 0.1) is 28.5 Å². The van der Waals surface area contributed by atoms with Crippen molar-refractivity contribution in [3.05, 3.63) is 58.6 Å². The average molecular weight is 470 g/mol. The van der Waals surface area contributed by atoms with E-state index >= 15 is 0 Å². The first-order valence-electron chi connectivity index (χ1n) is 10.7. The number of nitrogens with one attached hydrogen (secondary N) is 1. The molecule has 4 heterocycles. The molecule has 7 nitrogen and oxygen atoms in total. The molecule has 1 amide bonds. The summed E-state index contributed by atoms with van der Waals surface area (Å²) in [5, 5.41) is 9.30. The molecule has 0 spiro atoms. The van der Waals surface area contributed by atoms with Crippen LogP contribution in [0, 0.1) is 19.8 Å². The second kappa shape index (κ2) is 8.60. The van der Waals surface area contributed by atoms with Gasteiger partial charge in [0.25, 0.3) is 0 Å². The molecule has 0 bridgehead atoms. The minimum Gasteiger partial charge on any atom is -0.465 e. The van der Waals surface area contributed by atoms with Gasteiger partial charge in [-0.25, -0.2) is 4.68 Å². The fourth-order valence-corrected chi connectivity index (χ4v) is 5.23. The number of carbonyl (C=O) groups is 1. The van der Waals surface area contributed by atoms with Crippen LogP contribution in [0.25, 0.3) is 16.0 Å². The Labute approximate surface area is 195 Å². The van der Waals surface area contributed by atoms with E-state index in [4.69, 9.17) is 21.0 Å². The molecule has 3 aromatic heterocycles. The van der Waals surface area contributed by atoms with Gasteiger partial charge in [0.1, 0.15) is 11.5 Å². The summed E-state index contributed by atoms with van der Waals surface area (Å²) in [6, 6.07) is 11.4. The van der Waals surface area contributed by atoms with Crippen molar-refractivity contribution < 1.29 is 9.21 Å². The van der Waals surface area contributed by atoms with Crippen LogP contribution < -0.4 is 10.2 Å². The predicted octanol–water partition coefficient (Wildman–Crippen LogP) is 4.88. The zero-order chi connectivity index (χ0) is 22.2. The SMILES string of the molecule is Cc1ccc(CNC(=O)[C@@H]2CCCN(c3nc4c(s3)c(C)nn4-c3ccc(Cl)cc3)C2)o1. The number of amides is 1. The highest BCUT2D eigenvalue weighted by atomic mass is 35.5. The normalized spacial score (nSPS) is 16.6. The largest absolute Gasteiger partial charge is 0.465 e. The molecule has 1 aliphatic rings. The van der Waals surface area contributed by atoms with Crippen molar-refractivity contribution in [3.63, 3.8) is 0 Å². The summed E-state index contributed by atoms with van der Waals surface area (Å²) in [4.78, 5) is 19.9. The van der Waals surface area contributed by atoms with Gasteiger partial charge in [-0.3, -0.25) is 4.79 Å². The monoisotopic (exact) mass is 469 g/mol. The molecule has 9 heteroatoms. The van der Waals surface area contributed by atoms with Crippen LogP contribution in [0.1, 0.15) is 30.1 Å². The molecule has 0 aliphatic carbocycles. The van der Waals surface area contributed by atoms with Gasteiger partial charge in [0.15, 0.2) is 10.8 Å². The zero-order valence-electron chi connectivity index (χ0n) is 18.0. The number of thiazole rings is 1. The van der Waals surface area contributed by atoms with E-state index in [1.165, 1.54) is 0 Å². The van der Waals surface area contributed by atoms with Gasteiger partial charge in [-0.05, 0) is 63.1 Å². The van der Waals surface area contributed by atoms with Crippen LogP contribution in [0.4, 0.5) is 5.13 Å². The third-order valence-electron chi connectivity index (χ3n) is 5.74. The molecule has 5 rings (SSSR count). The summed E-state index contributed by atoms with van der Waals surface area (Å²) in [5.41, 5.74) is 2.71. The van der Waals surface area contributed by atoms with Crippen LogP contribution in [-0.2, 0) is 11.3 Å². The van der Waals surface area contributed by atoms with Crippen molar-refractivity contribution in [2.45, 2.75) is 33.2 Å². The topological polar surface area (TPSA) is 76.2 Å². The van der Waals surface area contributed by atoms with Gasteiger partial charge >= 0.3 is 0 Å². The van der Waals surface area contributed by atoms with Gasteiger partial charge in [-0.15, -0.1) is 0 Å². The standard InChI is InChI=1S/C23H24ClN5O2S/c1-14-5-10-19(31-14)12-25-22(30)16-4-3-11-28(13-16)23-26-21-20(32-23)15(2)27-29(21)18-8-6-17(24)7-9-18/h5-10,16H,3-4,11-13H2,1-2H3,(H,25,30)/t16-/m1/s1. The molecule has 1 atom stereocenters. The summed E-state index contributed by atoms with van der Waals surface area (Å²) in [5.74, 6) is 1.62. The minimum absolute atomic E-state index is 0.0633. The van der Waals surface area contributed by atoms with E-state index in [0.717, 1.165) is 57.8 Å². The molecule has 1 aromatic carbocycles. The number of rotatable bonds is 5. The Bertz CT molecular complexity index is 1260. The van der Waals surface area contributed by atoms with Crippen molar-refractivity contribution in [2.24, 2.45) is 5.92 Å². The summed E-state index contributed by atoms with van der Waals surface area (Å²) in [6.45, 7) is 5.87. The first-order chi connectivity index (χ1) is 15.5. The molecule has 1 aliphatic heterocycles. The Morgan fingerprint density at radius 1 is 1.25 bits per heavy atom. The number of hydrogen-bond acceptors (Lipinski definition) is 6. The maximum Gasteiger partial charge on any atom is 0.225 e. The number of carbonyl (C=O) groups excluding carboxylic acids is 1. The highest BCUT2D eigenvalue weighted by molar-refractivity contribution is 7.22. The maximum absolute atomic E-state index is 12.8. The van der Waals surface area contributed by atoms with Crippen LogP contribution >= 0.6 is 22.9 Å². The van der Waals surface area contributed by atoms with Crippen molar-refractivity contribution in [1.29, 1.82) is 0 Å². The molecule has 0 unspecified atom stereocenters. The van der Waals surface area contributed by atoms with Crippen LogP contribution in [-0.4, -0.2) is 33.8 Å². The Morgan fingerprint density at radius 2 is 2.06 bits per heavy atom. The van der Waals surface area contributed by atoms with Crippen molar-refractivity contribution in [1.82, 2.24) is 20.1 Å². The van der Waals surface area contributed by atoms with Crippen molar-refractivity contribution in [3.8, 4) is 5.69 Å². The van der Waals surface area contributed by atoms with Crippen molar-refractivity contribution in [2.75, 3.05) is 18.0 Å². The molecule has 1 N–H and O–H groups in total. The Balaban J connectivity index is 1.33. The molecule has 0 radical (unpaired) electrons. The van der Waals surface area contributed by atoms with Crippen LogP contribution in [0.2, 0.25) is 5.02 Å². The Hall–Kier alpha value is -2.84. The Morgan fingerprint density at radius 3 is 2.81 bits per heavy atom. The minimum atomic E-state index is -0.0688. The summed E-state index contributed by atoms with van der Waals surface area (Å²) < 4.78 is 8.48. The molecular weight excluding hydrogens is 446 g/mol. The lowest BCUT2D eigenvalue weighted by Gasteiger charge is -2.31. The zero-order valence-corrected chi connectivity index (χ0v) is 19.5. The van der Waals surface area contributed by atoms with E-state index < -0.39 is 0 Å². The van der Waals surface area contributed by atoms with E-state index in [2.05, 4.69) is 15.3 Å². The van der Waals surface area contributed by atoms with Gasteiger partial charge in [-0.2, -0.15) is 10.1 Å². The lowest BCUT2D eigenvalue weighted by Crippen LogP contribution is -2.42. The average Bonchev–Trinajstić information content (AvgIpc) is 3.49. The molecule has 166 valence electrons.